The Kier molecular flexibility index (Phi) is 3.75. The van der Waals surface area contributed by atoms with Crippen LogP contribution in [0, 0.1) is 0 Å². The molecular weight excluding hydrogens is 292 g/mol. The van der Waals surface area contributed by atoms with Crippen molar-refractivity contribution in [1.82, 2.24) is 20.2 Å². The molecule has 1 amide bonds. The molecule has 0 aromatic carbocycles. The summed E-state index contributed by atoms with van der Waals surface area (Å²) in [6.45, 7) is 2.37. The van der Waals surface area contributed by atoms with Crippen LogP contribution in [0.3, 0.4) is 0 Å². The number of amides is 1. The van der Waals surface area contributed by atoms with E-state index in [0.717, 1.165) is 42.1 Å². The fourth-order valence-corrected chi connectivity index (χ4v) is 3.31. The van der Waals surface area contributed by atoms with E-state index in [0.29, 0.717) is 19.2 Å². The minimum atomic E-state index is -0.00307. The highest BCUT2D eigenvalue weighted by Crippen LogP contribution is 2.27. The fraction of sp³-hybridized carbons (Fsp3) is 0.412. The molecule has 2 aliphatic heterocycles. The predicted octanol–water partition coefficient (Wildman–Crippen LogP) is 1.29. The van der Waals surface area contributed by atoms with Gasteiger partial charge in [-0.3, -0.25) is 9.78 Å². The number of pyridine rings is 1. The van der Waals surface area contributed by atoms with Crippen LogP contribution in [0.1, 0.15) is 28.9 Å². The standard InChI is InChI=1S/C17H20N4O2/c22-17-13-5-9-21(14(13)4-8-20-17)15-3-7-18-10-16(15)23-11-12-2-1-6-19-12/h3,5,7,9-10,12,19H,1-2,4,6,8,11H2,(H,20,22). The monoisotopic (exact) mass is 312 g/mol. The van der Waals surface area contributed by atoms with Gasteiger partial charge >= 0.3 is 0 Å². The number of hydrogen-bond acceptors (Lipinski definition) is 4. The van der Waals surface area contributed by atoms with Crippen molar-refractivity contribution in [3.8, 4) is 11.4 Å². The Morgan fingerprint density at radius 2 is 2.30 bits per heavy atom. The average Bonchev–Trinajstić information content (AvgIpc) is 3.23. The van der Waals surface area contributed by atoms with Crippen molar-refractivity contribution < 1.29 is 9.53 Å². The van der Waals surface area contributed by atoms with E-state index in [-0.39, 0.29) is 5.91 Å². The molecule has 4 heterocycles. The highest BCUT2D eigenvalue weighted by molar-refractivity contribution is 5.96. The van der Waals surface area contributed by atoms with Crippen molar-refractivity contribution >= 4 is 5.91 Å². The molecular formula is C17H20N4O2. The van der Waals surface area contributed by atoms with Crippen molar-refractivity contribution in [2.75, 3.05) is 19.7 Å². The predicted molar refractivity (Wildman–Crippen MR) is 86.1 cm³/mol. The Labute approximate surface area is 134 Å². The molecule has 0 saturated carbocycles. The Morgan fingerprint density at radius 1 is 1.35 bits per heavy atom. The van der Waals surface area contributed by atoms with Gasteiger partial charge in [-0.15, -0.1) is 0 Å². The van der Waals surface area contributed by atoms with E-state index < -0.39 is 0 Å². The molecule has 6 nitrogen and oxygen atoms in total. The van der Waals surface area contributed by atoms with Gasteiger partial charge < -0.3 is 19.9 Å². The van der Waals surface area contributed by atoms with Crippen LogP contribution in [0.5, 0.6) is 5.75 Å². The Morgan fingerprint density at radius 3 is 3.17 bits per heavy atom. The normalized spacial score (nSPS) is 20.2. The van der Waals surface area contributed by atoms with Gasteiger partial charge in [0.1, 0.15) is 6.61 Å². The molecule has 120 valence electrons. The Hall–Kier alpha value is -2.34. The van der Waals surface area contributed by atoms with Crippen LogP contribution < -0.4 is 15.4 Å². The minimum Gasteiger partial charge on any atom is -0.488 e. The number of carbonyl (C=O) groups excluding carboxylic acids is 1. The first-order chi connectivity index (χ1) is 11.3. The molecule has 4 rings (SSSR count). The van der Waals surface area contributed by atoms with E-state index >= 15 is 0 Å². The first-order valence-corrected chi connectivity index (χ1v) is 8.12. The lowest BCUT2D eigenvalue weighted by atomic mass is 10.1. The first-order valence-electron chi connectivity index (χ1n) is 8.12. The molecule has 2 aromatic rings. The number of fused-ring (bicyclic) bond motifs is 1. The van der Waals surface area contributed by atoms with Crippen molar-refractivity contribution in [2.24, 2.45) is 0 Å². The van der Waals surface area contributed by atoms with Crippen LogP contribution in [0.25, 0.3) is 5.69 Å². The van der Waals surface area contributed by atoms with Crippen LogP contribution in [-0.2, 0) is 6.42 Å². The molecule has 6 heteroatoms. The van der Waals surface area contributed by atoms with Crippen molar-refractivity contribution in [1.29, 1.82) is 0 Å². The number of nitrogens with zero attached hydrogens (tertiary/aromatic N) is 2. The molecule has 0 radical (unpaired) electrons. The van der Waals surface area contributed by atoms with Crippen molar-refractivity contribution in [2.45, 2.75) is 25.3 Å². The Bertz CT molecular complexity index is 719. The average molecular weight is 312 g/mol. The van der Waals surface area contributed by atoms with E-state index in [1.165, 1.54) is 6.42 Å². The highest BCUT2D eigenvalue weighted by Gasteiger charge is 2.22. The van der Waals surface area contributed by atoms with Crippen LogP contribution in [0.15, 0.2) is 30.7 Å². The summed E-state index contributed by atoms with van der Waals surface area (Å²) in [6, 6.07) is 4.21. The smallest absolute Gasteiger partial charge is 0.253 e. The SMILES string of the molecule is O=C1NCCc2c1ccn2-c1ccncc1OCC1CCCN1. The third-order valence-corrected chi connectivity index (χ3v) is 4.51. The van der Waals surface area contributed by atoms with Gasteiger partial charge in [-0.05, 0) is 31.5 Å². The van der Waals surface area contributed by atoms with Gasteiger partial charge in [0.2, 0.25) is 0 Å². The number of aromatic nitrogens is 2. The van der Waals surface area contributed by atoms with E-state index in [2.05, 4.69) is 15.6 Å². The molecule has 2 N–H and O–H groups in total. The van der Waals surface area contributed by atoms with Crippen LogP contribution in [-0.4, -0.2) is 41.2 Å². The van der Waals surface area contributed by atoms with Gasteiger partial charge in [0, 0.05) is 37.1 Å². The molecule has 0 spiro atoms. The molecule has 0 bridgehead atoms. The van der Waals surface area contributed by atoms with Gasteiger partial charge in [-0.1, -0.05) is 0 Å². The summed E-state index contributed by atoms with van der Waals surface area (Å²) < 4.78 is 8.07. The number of ether oxygens (including phenoxy) is 1. The van der Waals surface area contributed by atoms with Crippen molar-refractivity contribution in [3.63, 3.8) is 0 Å². The third-order valence-electron chi connectivity index (χ3n) is 4.51. The van der Waals surface area contributed by atoms with Gasteiger partial charge in [0.15, 0.2) is 5.75 Å². The maximum atomic E-state index is 11.9. The molecule has 1 atom stereocenters. The number of hydrogen-bond donors (Lipinski definition) is 2. The van der Waals surface area contributed by atoms with E-state index in [4.69, 9.17) is 4.74 Å². The van der Waals surface area contributed by atoms with Gasteiger partial charge in [-0.2, -0.15) is 0 Å². The minimum absolute atomic E-state index is 0.00307. The van der Waals surface area contributed by atoms with Crippen LogP contribution >= 0.6 is 0 Å². The second-order valence-corrected chi connectivity index (χ2v) is 6.00. The number of carbonyl (C=O) groups is 1. The van der Waals surface area contributed by atoms with Gasteiger partial charge in [-0.25, -0.2) is 0 Å². The largest absolute Gasteiger partial charge is 0.488 e. The quantitative estimate of drug-likeness (QED) is 0.893. The molecule has 1 fully saturated rings. The fourth-order valence-electron chi connectivity index (χ4n) is 3.31. The lowest BCUT2D eigenvalue weighted by Crippen LogP contribution is -2.32. The zero-order valence-electron chi connectivity index (χ0n) is 12.9. The molecule has 2 aliphatic rings. The molecule has 1 saturated heterocycles. The summed E-state index contributed by atoms with van der Waals surface area (Å²) >= 11 is 0. The summed E-state index contributed by atoms with van der Waals surface area (Å²) in [5, 5.41) is 6.31. The lowest BCUT2D eigenvalue weighted by molar-refractivity contribution is 0.0945. The van der Waals surface area contributed by atoms with E-state index in [1.54, 1.807) is 12.4 Å². The summed E-state index contributed by atoms with van der Waals surface area (Å²) in [5.74, 6) is 0.752. The van der Waals surface area contributed by atoms with Gasteiger partial charge in [0.25, 0.3) is 5.91 Å². The maximum Gasteiger partial charge on any atom is 0.253 e. The zero-order chi connectivity index (χ0) is 15.6. The number of rotatable bonds is 4. The second kappa shape index (κ2) is 6.04. The molecule has 1 unspecified atom stereocenters. The molecule has 0 aliphatic carbocycles. The summed E-state index contributed by atoms with van der Waals surface area (Å²) in [4.78, 5) is 16.1. The van der Waals surface area contributed by atoms with E-state index in [1.807, 2.05) is 22.9 Å². The molecule has 2 aromatic heterocycles. The summed E-state index contributed by atoms with van der Waals surface area (Å²) in [5.41, 5.74) is 2.72. The number of nitrogens with one attached hydrogen (secondary N) is 2. The summed E-state index contributed by atoms with van der Waals surface area (Å²) in [6.07, 6.45) is 8.61. The Balaban J connectivity index is 1.63. The lowest BCUT2D eigenvalue weighted by Gasteiger charge is -2.19. The highest BCUT2D eigenvalue weighted by atomic mass is 16.5. The third kappa shape index (κ3) is 2.70. The molecule has 23 heavy (non-hydrogen) atoms. The zero-order valence-corrected chi connectivity index (χ0v) is 12.9. The first kappa shape index (κ1) is 14.3. The van der Waals surface area contributed by atoms with Crippen LogP contribution in [0.2, 0.25) is 0 Å². The van der Waals surface area contributed by atoms with Crippen molar-refractivity contribution in [3.05, 3.63) is 42.0 Å². The van der Waals surface area contributed by atoms with E-state index in [9.17, 15) is 4.79 Å². The van der Waals surface area contributed by atoms with Crippen LogP contribution in [0.4, 0.5) is 0 Å². The second-order valence-electron chi connectivity index (χ2n) is 6.00. The topological polar surface area (TPSA) is 68.2 Å². The summed E-state index contributed by atoms with van der Waals surface area (Å²) in [7, 11) is 0. The maximum absolute atomic E-state index is 11.9. The van der Waals surface area contributed by atoms with Gasteiger partial charge in [0.05, 0.1) is 17.4 Å².